The van der Waals surface area contributed by atoms with Gasteiger partial charge in [0.1, 0.15) is 0 Å². The number of hydrogen-bond donors (Lipinski definition) is 2. The largest absolute Gasteiger partial charge is 0.493 e. The maximum Gasteiger partial charge on any atom is 0.222 e. The van der Waals surface area contributed by atoms with Crippen LogP contribution in [0.15, 0.2) is 18.2 Å². The van der Waals surface area contributed by atoms with Crippen molar-refractivity contribution in [1.29, 1.82) is 0 Å². The molecule has 160 valence electrons. The molecule has 6 nitrogen and oxygen atoms in total. The van der Waals surface area contributed by atoms with Crippen LogP contribution in [-0.2, 0) is 9.53 Å². The van der Waals surface area contributed by atoms with Gasteiger partial charge in [-0.1, -0.05) is 26.0 Å². The number of aliphatic hydroxyl groups excluding tert-OH is 1. The van der Waals surface area contributed by atoms with Crippen molar-refractivity contribution < 1.29 is 24.1 Å². The summed E-state index contributed by atoms with van der Waals surface area (Å²) >= 11 is 0. The van der Waals surface area contributed by atoms with Crippen LogP contribution in [0, 0.1) is 22.7 Å². The first kappa shape index (κ1) is 20.5. The molecule has 0 radical (unpaired) electrons. The van der Waals surface area contributed by atoms with Crippen molar-refractivity contribution in [2.45, 2.75) is 51.7 Å². The summed E-state index contributed by atoms with van der Waals surface area (Å²) in [7, 11) is 3.32. The smallest absolute Gasteiger partial charge is 0.222 e. The van der Waals surface area contributed by atoms with Gasteiger partial charge in [-0.05, 0) is 48.0 Å². The van der Waals surface area contributed by atoms with Gasteiger partial charge in [0.25, 0.3) is 0 Å². The van der Waals surface area contributed by atoms with Gasteiger partial charge < -0.3 is 24.6 Å². The van der Waals surface area contributed by atoms with Gasteiger partial charge in [-0.15, -0.1) is 0 Å². The zero-order chi connectivity index (χ0) is 20.8. The van der Waals surface area contributed by atoms with E-state index in [1.807, 2.05) is 12.1 Å². The molecular formula is C23H33NO5. The van der Waals surface area contributed by atoms with Crippen LogP contribution in [0.1, 0.15) is 51.2 Å². The number of hydrogen-bond acceptors (Lipinski definition) is 5. The van der Waals surface area contributed by atoms with E-state index >= 15 is 0 Å². The molecular weight excluding hydrogens is 370 g/mol. The molecule has 3 aliphatic rings. The summed E-state index contributed by atoms with van der Waals surface area (Å²) in [5.74, 6) is 2.24. The second kappa shape index (κ2) is 7.47. The van der Waals surface area contributed by atoms with Gasteiger partial charge in [-0.3, -0.25) is 4.79 Å². The molecule has 6 heteroatoms. The second-order valence-electron chi connectivity index (χ2n) is 9.40. The van der Waals surface area contributed by atoms with Crippen molar-refractivity contribution in [3.63, 3.8) is 0 Å². The minimum absolute atomic E-state index is 0.0102. The standard InChI is InChI=1S/C23H33NO5/c1-22(2)14-12-16-19(15-6-5-7-17(27-3)20(15)28-4)29-11-9-23(16,13-14)21(22)24-18(26)8-10-25/h5-7,14,16,19,21,25H,8-13H2,1-4H3,(H,24,26)/t14-,16-,19-,21+,23-/m1/s1. The highest BCUT2D eigenvalue weighted by atomic mass is 16.5. The molecule has 1 heterocycles. The van der Waals surface area contributed by atoms with E-state index in [-0.39, 0.29) is 41.9 Å². The molecule has 1 spiro atoms. The number of para-hydroxylation sites is 1. The Morgan fingerprint density at radius 3 is 2.79 bits per heavy atom. The van der Waals surface area contributed by atoms with Crippen LogP contribution >= 0.6 is 0 Å². The predicted octanol–water partition coefficient (Wildman–Crippen LogP) is 3.08. The van der Waals surface area contributed by atoms with Crippen LogP contribution in [0.25, 0.3) is 0 Å². The van der Waals surface area contributed by atoms with Crippen molar-refractivity contribution in [2.24, 2.45) is 22.7 Å². The summed E-state index contributed by atoms with van der Waals surface area (Å²) in [6.07, 6.45) is 3.23. The number of amides is 1. The Hall–Kier alpha value is -1.79. The van der Waals surface area contributed by atoms with Crippen molar-refractivity contribution in [1.82, 2.24) is 5.32 Å². The van der Waals surface area contributed by atoms with E-state index in [9.17, 15) is 9.90 Å². The molecule has 3 fully saturated rings. The SMILES string of the molecule is COc1cccc([C@H]2OCC[C@@]34C[C@@H](C[C@H]23)C(C)(C)[C@@H]4NC(=O)CCO)c1OC. The molecule has 1 aromatic rings. The lowest BCUT2D eigenvalue weighted by molar-refractivity contribution is -0.138. The first-order chi connectivity index (χ1) is 13.9. The average Bonchev–Trinajstić information content (AvgIpc) is 3.20. The van der Waals surface area contributed by atoms with Gasteiger partial charge in [0.05, 0.1) is 26.9 Å². The summed E-state index contributed by atoms with van der Waals surface area (Å²) in [6, 6.07) is 6.05. The lowest BCUT2D eigenvalue weighted by atomic mass is 9.58. The molecule has 1 amide bonds. The van der Waals surface area contributed by atoms with Crippen molar-refractivity contribution >= 4 is 5.91 Å². The fourth-order valence-corrected chi connectivity index (χ4v) is 6.57. The molecule has 1 aliphatic heterocycles. The average molecular weight is 404 g/mol. The lowest BCUT2D eigenvalue weighted by Crippen LogP contribution is -2.59. The lowest BCUT2D eigenvalue weighted by Gasteiger charge is -2.53. The van der Waals surface area contributed by atoms with Gasteiger partial charge in [0, 0.05) is 24.6 Å². The number of ether oxygens (including phenoxy) is 3. The van der Waals surface area contributed by atoms with Crippen LogP contribution < -0.4 is 14.8 Å². The molecule has 4 rings (SSSR count). The maximum absolute atomic E-state index is 12.4. The normalized spacial score (nSPS) is 34.5. The topological polar surface area (TPSA) is 77.0 Å². The molecule has 29 heavy (non-hydrogen) atoms. The summed E-state index contributed by atoms with van der Waals surface area (Å²) in [6.45, 7) is 5.11. The molecule has 2 aliphatic carbocycles. The van der Waals surface area contributed by atoms with Gasteiger partial charge in [-0.25, -0.2) is 0 Å². The number of fused-ring (bicyclic) bond motifs is 1. The zero-order valence-electron chi connectivity index (χ0n) is 17.9. The van der Waals surface area contributed by atoms with Crippen molar-refractivity contribution in [2.75, 3.05) is 27.4 Å². The number of benzene rings is 1. The first-order valence-corrected chi connectivity index (χ1v) is 10.6. The molecule has 2 bridgehead atoms. The Morgan fingerprint density at radius 1 is 1.31 bits per heavy atom. The van der Waals surface area contributed by atoms with Gasteiger partial charge in [0.15, 0.2) is 11.5 Å². The third-order valence-electron chi connectivity index (χ3n) is 7.89. The number of carbonyl (C=O) groups excluding carboxylic acids is 1. The monoisotopic (exact) mass is 403 g/mol. The summed E-state index contributed by atoms with van der Waals surface area (Å²) in [4.78, 5) is 12.4. The highest BCUT2D eigenvalue weighted by Gasteiger charge is 2.68. The molecule has 0 aromatic heterocycles. The minimum Gasteiger partial charge on any atom is -0.493 e. The van der Waals surface area contributed by atoms with Crippen LogP contribution in [0.4, 0.5) is 0 Å². The van der Waals surface area contributed by atoms with Crippen molar-refractivity contribution in [3.8, 4) is 11.5 Å². The molecule has 0 unspecified atom stereocenters. The van der Waals surface area contributed by atoms with E-state index in [1.165, 1.54) is 0 Å². The molecule has 2 N–H and O–H groups in total. The number of nitrogens with one attached hydrogen (secondary N) is 1. The number of carbonyl (C=O) groups is 1. The predicted molar refractivity (Wildman–Crippen MR) is 109 cm³/mol. The second-order valence-corrected chi connectivity index (χ2v) is 9.40. The number of methoxy groups -OCH3 is 2. The quantitative estimate of drug-likeness (QED) is 0.763. The molecule has 1 saturated heterocycles. The highest BCUT2D eigenvalue weighted by Crippen LogP contribution is 2.71. The zero-order valence-corrected chi connectivity index (χ0v) is 17.9. The minimum atomic E-state index is -0.119. The van der Waals surface area contributed by atoms with Crippen LogP contribution in [-0.4, -0.2) is 44.5 Å². The Bertz CT molecular complexity index is 779. The van der Waals surface area contributed by atoms with Crippen molar-refractivity contribution in [3.05, 3.63) is 23.8 Å². The Labute approximate surface area is 172 Å². The highest BCUT2D eigenvalue weighted by molar-refractivity contribution is 5.76. The Kier molecular flexibility index (Phi) is 5.28. The molecule has 5 atom stereocenters. The van der Waals surface area contributed by atoms with Crippen LogP contribution in [0.5, 0.6) is 11.5 Å². The summed E-state index contributed by atoms with van der Waals surface area (Å²) < 4.78 is 17.6. The third-order valence-corrected chi connectivity index (χ3v) is 7.89. The molecule has 2 saturated carbocycles. The van der Waals surface area contributed by atoms with E-state index < -0.39 is 0 Å². The van der Waals surface area contributed by atoms with Crippen LogP contribution in [0.2, 0.25) is 0 Å². The molecule has 1 aromatic carbocycles. The Morgan fingerprint density at radius 2 is 2.10 bits per heavy atom. The van der Waals surface area contributed by atoms with Crippen LogP contribution in [0.3, 0.4) is 0 Å². The van der Waals surface area contributed by atoms with Gasteiger partial charge >= 0.3 is 0 Å². The Balaban J connectivity index is 1.71. The fourth-order valence-electron chi connectivity index (χ4n) is 6.57. The van der Waals surface area contributed by atoms with E-state index in [1.54, 1.807) is 14.2 Å². The van der Waals surface area contributed by atoms with E-state index in [4.69, 9.17) is 14.2 Å². The number of aliphatic hydroxyl groups is 1. The van der Waals surface area contributed by atoms with Gasteiger partial charge in [-0.2, -0.15) is 0 Å². The third kappa shape index (κ3) is 3.03. The summed E-state index contributed by atoms with van der Waals surface area (Å²) in [5.41, 5.74) is 1.07. The fraction of sp³-hybridized carbons (Fsp3) is 0.696. The van der Waals surface area contributed by atoms with E-state index in [2.05, 4.69) is 25.2 Å². The maximum atomic E-state index is 12.4. The van der Waals surface area contributed by atoms with E-state index in [0.29, 0.717) is 24.2 Å². The van der Waals surface area contributed by atoms with E-state index in [0.717, 1.165) is 30.6 Å². The summed E-state index contributed by atoms with van der Waals surface area (Å²) in [5, 5.41) is 12.5. The van der Waals surface area contributed by atoms with Gasteiger partial charge in [0.2, 0.25) is 5.91 Å². The number of rotatable bonds is 6. The first-order valence-electron chi connectivity index (χ1n) is 10.6.